The molecular weight excluding hydrogens is 226 g/mol. The maximum Gasteiger partial charge on any atom is 0.122 e. The second-order valence-corrected chi connectivity index (χ2v) is 4.63. The summed E-state index contributed by atoms with van der Waals surface area (Å²) in [7, 11) is 0. The van der Waals surface area contributed by atoms with E-state index in [1.54, 1.807) is 6.26 Å². The van der Waals surface area contributed by atoms with Crippen molar-refractivity contribution in [2.24, 2.45) is 0 Å². The summed E-state index contributed by atoms with van der Waals surface area (Å²) in [5.74, 6) is 1.01. The highest BCUT2D eigenvalue weighted by Gasteiger charge is 2.08. The van der Waals surface area contributed by atoms with E-state index in [1.165, 1.54) is 11.3 Å². The lowest BCUT2D eigenvalue weighted by Gasteiger charge is -2.06. The molecule has 2 rings (SSSR count). The molecule has 0 spiro atoms. The molecule has 2 heterocycles. The van der Waals surface area contributed by atoms with Crippen LogP contribution in [0.25, 0.3) is 0 Å². The molecule has 0 bridgehead atoms. The van der Waals surface area contributed by atoms with Crippen molar-refractivity contribution in [1.82, 2.24) is 15.1 Å². The minimum Gasteiger partial charge on any atom is -0.468 e. The van der Waals surface area contributed by atoms with Crippen LogP contribution in [0.5, 0.6) is 0 Å². The zero-order valence-corrected chi connectivity index (χ0v) is 11.4. The topological polar surface area (TPSA) is 43.0 Å². The first-order valence-electron chi connectivity index (χ1n) is 6.47. The standard InChI is InChI=1S/C14H21N3O/c1-4-6-15-9-14-13(5-7-18-14)10-17-12(3)8-11(2)16-17/h5,7-8,15H,4,6,9-10H2,1-3H3. The van der Waals surface area contributed by atoms with Gasteiger partial charge in [0.1, 0.15) is 5.76 Å². The third-order valence-corrected chi connectivity index (χ3v) is 2.97. The number of aromatic nitrogens is 2. The molecule has 0 aliphatic carbocycles. The molecule has 0 radical (unpaired) electrons. The van der Waals surface area contributed by atoms with Crippen molar-refractivity contribution in [3.05, 3.63) is 41.1 Å². The number of furan rings is 1. The Labute approximate surface area is 108 Å². The maximum absolute atomic E-state index is 5.53. The van der Waals surface area contributed by atoms with Gasteiger partial charge in [0, 0.05) is 11.3 Å². The molecule has 0 saturated carbocycles. The minimum absolute atomic E-state index is 0.777. The third kappa shape index (κ3) is 3.01. The zero-order valence-electron chi connectivity index (χ0n) is 11.4. The lowest BCUT2D eigenvalue weighted by atomic mass is 10.2. The predicted octanol–water partition coefficient (Wildman–Crippen LogP) is 2.64. The van der Waals surface area contributed by atoms with E-state index in [9.17, 15) is 0 Å². The number of hydrogen-bond donors (Lipinski definition) is 1. The first-order valence-corrected chi connectivity index (χ1v) is 6.47. The van der Waals surface area contributed by atoms with E-state index in [0.29, 0.717) is 0 Å². The Morgan fingerprint density at radius 1 is 1.39 bits per heavy atom. The van der Waals surface area contributed by atoms with Crippen molar-refractivity contribution in [2.75, 3.05) is 6.54 Å². The predicted molar refractivity (Wildman–Crippen MR) is 71.5 cm³/mol. The molecule has 0 aliphatic heterocycles. The molecule has 0 fully saturated rings. The van der Waals surface area contributed by atoms with Crippen LogP contribution in [0.2, 0.25) is 0 Å². The van der Waals surface area contributed by atoms with Gasteiger partial charge < -0.3 is 9.73 Å². The number of nitrogens with one attached hydrogen (secondary N) is 1. The van der Waals surface area contributed by atoms with E-state index in [0.717, 1.165) is 37.5 Å². The molecule has 4 nitrogen and oxygen atoms in total. The Hall–Kier alpha value is -1.55. The molecule has 2 aromatic heterocycles. The van der Waals surface area contributed by atoms with Gasteiger partial charge in [-0.1, -0.05) is 6.92 Å². The van der Waals surface area contributed by atoms with Crippen molar-refractivity contribution >= 4 is 0 Å². The SMILES string of the molecule is CCCNCc1occc1Cn1nc(C)cc1C. The average molecular weight is 247 g/mol. The van der Waals surface area contributed by atoms with E-state index < -0.39 is 0 Å². The van der Waals surface area contributed by atoms with Crippen LogP contribution in [0.1, 0.15) is 36.1 Å². The molecular formula is C14H21N3O. The molecule has 1 N–H and O–H groups in total. The Balaban J connectivity index is 2.05. The highest BCUT2D eigenvalue weighted by molar-refractivity contribution is 5.19. The quantitative estimate of drug-likeness (QED) is 0.798. The Kier molecular flexibility index (Phi) is 4.20. The summed E-state index contributed by atoms with van der Waals surface area (Å²) in [5.41, 5.74) is 3.44. The Bertz CT molecular complexity index is 499. The Morgan fingerprint density at radius 2 is 2.22 bits per heavy atom. The zero-order chi connectivity index (χ0) is 13.0. The third-order valence-electron chi connectivity index (χ3n) is 2.97. The van der Waals surface area contributed by atoms with Crippen LogP contribution in [-0.2, 0) is 13.1 Å². The van der Waals surface area contributed by atoms with E-state index >= 15 is 0 Å². The summed E-state index contributed by atoms with van der Waals surface area (Å²) < 4.78 is 7.54. The molecule has 0 atom stereocenters. The molecule has 0 amide bonds. The second kappa shape index (κ2) is 5.87. The molecule has 18 heavy (non-hydrogen) atoms. The van der Waals surface area contributed by atoms with Gasteiger partial charge in [0.15, 0.2) is 0 Å². The number of aryl methyl sites for hydroxylation is 2. The Morgan fingerprint density at radius 3 is 2.89 bits per heavy atom. The lowest BCUT2D eigenvalue weighted by Crippen LogP contribution is -2.15. The van der Waals surface area contributed by atoms with Crippen molar-refractivity contribution in [2.45, 2.75) is 40.3 Å². The molecule has 0 aliphatic rings. The molecule has 0 aromatic carbocycles. The minimum atomic E-state index is 0.777. The van der Waals surface area contributed by atoms with Crippen LogP contribution in [0.4, 0.5) is 0 Å². The monoisotopic (exact) mass is 247 g/mol. The molecule has 2 aromatic rings. The largest absolute Gasteiger partial charge is 0.468 e. The fraction of sp³-hybridized carbons (Fsp3) is 0.500. The number of rotatable bonds is 6. The van der Waals surface area contributed by atoms with Crippen LogP contribution >= 0.6 is 0 Å². The highest BCUT2D eigenvalue weighted by Crippen LogP contribution is 2.13. The van der Waals surface area contributed by atoms with Crippen molar-refractivity contribution < 1.29 is 4.42 Å². The summed E-state index contributed by atoms with van der Waals surface area (Å²) in [5, 5.41) is 7.84. The van der Waals surface area contributed by atoms with E-state index in [2.05, 4.69) is 30.3 Å². The van der Waals surface area contributed by atoms with Gasteiger partial charge in [-0.25, -0.2) is 0 Å². The van der Waals surface area contributed by atoms with Gasteiger partial charge in [-0.15, -0.1) is 0 Å². The van der Waals surface area contributed by atoms with Gasteiger partial charge in [-0.05, 0) is 38.9 Å². The second-order valence-electron chi connectivity index (χ2n) is 4.63. The molecule has 98 valence electrons. The van der Waals surface area contributed by atoms with Gasteiger partial charge in [-0.3, -0.25) is 4.68 Å². The van der Waals surface area contributed by atoms with Gasteiger partial charge in [0.25, 0.3) is 0 Å². The fourth-order valence-electron chi connectivity index (χ4n) is 2.04. The van der Waals surface area contributed by atoms with E-state index in [-0.39, 0.29) is 0 Å². The molecule has 4 heteroatoms. The summed E-state index contributed by atoms with van der Waals surface area (Å²) in [4.78, 5) is 0. The van der Waals surface area contributed by atoms with Crippen molar-refractivity contribution in [3.63, 3.8) is 0 Å². The summed E-state index contributed by atoms with van der Waals surface area (Å²) in [6, 6.07) is 4.12. The fourth-order valence-corrected chi connectivity index (χ4v) is 2.04. The van der Waals surface area contributed by atoms with Crippen LogP contribution in [-0.4, -0.2) is 16.3 Å². The molecule has 0 unspecified atom stereocenters. The average Bonchev–Trinajstić information content (AvgIpc) is 2.88. The number of hydrogen-bond acceptors (Lipinski definition) is 3. The van der Waals surface area contributed by atoms with Crippen LogP contribution in [0, 0.1) is 13.8 Å². The van der Waals surface area contributed by atoms with Crippen molar-refractivity contribution in [1.29, 1.82) is 0 Å². The first-order chi connectivity index (χ1) is 8.70. The first kappa shape index (κ1) is 12.9. The molecule has 0 saturated heterocycles. The summed E-state index contributed by atoms with van der Waals surface area (Å²) in [6.45, 7) is 8.83. The van der Waals surface area contributed by atoms with Crippen molar-refractivity contribution in [3.8, 4) is 0 Å². The van der Waals surface area contributed by atoms with Crippen LogP contribution in [0.15, 0.2) is 22.8 Å². The van der Waals surface area contributed by atoms with E-state index in [1.807, 2.05) is 17.7 Å². The van der Waals surface area contributed by atoms with E-state index in [4.69, 9.17) is 4.42 Å². The van der Waals surface area contributed by atoms with Gasteiger partial charge in [0.2, 0.25) is 0 Å². The van der Waals surface area contributed by atoms with Gasteiger partial charge in [0.05, 0.1) is 25.0 Å². The summed E-state index contributed by atoms with van der Waals surface area (Å²) in [6.07, 6.45) is 2.89. The highest BCUT2D eigenvalue weighted by atomic mass is 16.3. The number of nitrogens with zero attached hydrogens (tertiary/aromatic N) is 2. The normalized spacial score (nSPS) is 11.1. The maximum atomic E-state index is 5.53. The van der Waals surface area contributed by atoms with Crippen LogP contribution < -0.4 is 5.32 Å². The van der Waals surface area contributed by atoms with Gasteiger partial charge in [-0.2, -0.15) is 5.10 Å². The van der Waals surface area contributed by atoms with Gasteiger partial charge >= 0.3 is 0 Å². The smallest absolute Gasteiger partial charge is 0.122 e. The summed E-state index contributed by atoms with van der Waals surface area (Å²) >= 11 is 0. The lowest BCUT2D eigenvalue weighted by molar-refractivity contribution is 0.474. The van der Waals surface area contributed by atoms with Crippen LogP contribution in [0.3, 0.4) is 0 Å².